The molecular weight excluding hydrogens is 277 g/mol. The zero-order valence-corrected chi connectivity index (χ0v) is 13.8. The Labute approximate surface area is 145 Å². The topological polar surface area (TPSA) is 69.2 Å². The number of carbonyl (C=O) groups is 2. The van der Waals surface area contributed by atoms with Crippen molar-refractivity contribution in [2.75, 3.05) is 0 Å². The van der Waals surface area contributed by atoms with Gasteiger partial charge in [-0.2, -0.15) is 0 Å². The van der Waals surface area contributed by atoms with Crippen molar-refractivity contribution in [3.8, 4) is 0 Å². The minimum Gasteiger partial charge on any atom is -0.548 e. The number of nitrogens with one attached hydrogen (secondary N) is 1. The quantitative estimate of drug-likeness (QED) is 0.638. The standard InChI is InChI=1S/C16H15NO3.Na/c18-14(11-12-7-3-1-4-8-12)17-15(16(19)20)13-9-5-2-6-10-13;/h1-10,15H,11H2,(H,17,18)(H,19,20);/q;+1/p-1. The van der Waals surface area contributed by atoms with Crippen molar-refractivity contribution < 1.29 is 44.3 Å². The van der Waals surface area contributed by atoms with Gasteiger partial charge in [-0.05, 0) is 11.1 Å². The molecule has 4 nitrogen and oxygen atoms in total. The summed E-state index contributed by atoms with van der Waals surface area (Å²) in [5.74, 6) is -1.67. The summed E-state index contributed by atoms with van der Waals surface area (Å²) >= 11 is 0. The zero-order chi connectivity index (χ0) is 14.4. The van der Waals surface area contributed by atoms with E-state index in [1.807, 2.05) is 30.3 Å². The number of carboxylic acids is 1. The summed E-state index contributed by atoms with van der Waals surface area (Å²) < 4.78 is 0. The Morgan fingerprint density at radius 1 is 0.952 bits per heavy atom. The van der Waals surface area contributed by atoms with E-state index in [4.69, 9.17) is 0 Å². The van der Waals surface area contributed by atoms with Crippen LogP contribution in [0.25, 0.3) is 0 Å². The van der Waals surface area contributed by atoms with E-state index in [1.165, 1.54) is 0 Å². The van der Waals surface area contributed by atoms with Crippen LogP contribution in [0.4, 0.5) is 0 Å². The minimum absolute atomic E-state index is 0. The fourth-order valence-electron chi connectivity index (χ4n) is 1.92. The van der Waals surface area contributed by atoms with Gasteiger partial charge < -0.3 is 15.2 Å². The van der Waals surface area contributed by atoms with Gasteiger partial charge in [-0.3, -0.25) is 4.79 Å². The molecule has 0 saturated carbocycles. The van der Waals surface area contributed by atoms with Crippen LogP contribution in [0.2, 0.25) is 0 Å². The van der Waals surface area contributed by atoms with E-state index in [-0.39, 0.29) is 41.9 Å². The smallest absolute Gasteiger partial charge is 0.548 e. The number of aliphatic carboxylic acids is 1. The summed E-state index contributed by atoms with van der Waals surface area (Å²) in [6.45, 7) is 0. The van der Waals surface area contributed by atoms with Crippen molar-refractivity contribution in [2.24, 2.45) is 0 Å². The van der Waals surface area contributed by atoms with Crippen LogP contribution in [-0.4, -0.2) is 11.9 Å². The Morgan fingerprint density at radius 2 is 1.48 bits per heavy atom. The first-order valence-corrected chi connectivity index (χ1v) is 6.26. The van der Waals surface area contributed by atoms with Crippen LogP contribution in [0, 0.1) is 0 Å². The van der Waals surface area contributed by atoms with E-state index in [9.17, 15) is 14.7 Å². The van der Waals surface area contributed by atoms with Crippen LogP contribution in [0.1, 0.15) is 17.2 Å². The zero-order valence-electron chi connectivity index (χ0n) is 11.8. The molecule has 0 aromatic heterocycles. The first kappa shape index (κ1) is 17.4. The summed E-state index contributed by atoms with van der Waals surface area (Å²) in [6, 6.07) is 16.5. The Morgan fingerprint density at radius 3 is 2.00 bits per heavy atom. The second-order valence-electron chi connectivity index (χ2n) is 4.39. The Bertz CT molecular complexity index is 587. The van der Waals surface area contributed by atoms with Gasteiger partial charge in [0.2, 0.25) is 5.91 Å². The van der Waals surface area contributed by atoms with Gasteiger partial charge in [0.25, 0.3) is 0 Å². The molecule has 0 spiro atoms. The molecule has 21 heavy (non-hydrogen) atoms. The summed E-state index contributed by atoms with van der Waals surface area (Å²) in [4.78, 5) is 23.1. The average Bonchev–Trinajstić information content (AvgIpc) is 2.46. The van der Waals surface area contributed by atoms with Gasteiger partial charge in [0.05, 0.1) is 18.4 Å². The number of benzene rings is 2. The maximum absolute atomic E-state index is 11.9. The molecule has 0 heterocycles. The monoisotopic (exact) mass is 291 g/mol. The van der Waals surface area contributed by atoms with Crippen LogP contribution in [0.5, 0.6) is 0 Å². The molecule has 0 aliphatic heterocycles. The predicted molar refractivity (Wildman–Crippen MR) is 72.5 cm³/mol. The van der Waals surface area contributed by atoms with Crippen LogP contribution >= 0.6 is 0 Å². The first-order valence-electron chi connectivity index (χ1n) is 6.26. The third-order valence-corrected chi connectivity index (χ3v) is 2.88. The Balaban J connectivity index is 0.00000220. The molecule has 0 radical (unpaired) electrons. The largest absolute Gasteiger partial charge is 1.00 e. The molecule has 0 saturated heterocycles. The molecule has 5 heteroatoms. The summed E-state index contributed by atoms with van der Waals surface area (Å²) in [6.07, 6.45) is 0.136. The summed E-state index contributed by atoms with van der Waals surface area (Å²) in [5, 5.41) is 13.6. The SMILES string of the molecule is O=C(Cc1ccccc1)NC(C(=O)[O-])c1ccccc1.[Na+]. The molecule has 0 aliphatic carbocycles. The van der Waals surface area contributed by atoms with Crippen LogP contribution in [0.3, 0.4) is 0 Å². The maximum Gasteiger partial charge on any atom is 1.00 e. The molecule has 2 aromatic rings. The minimum atomic E-state index is -1.32. The number of rotatable bonds is 5. The fraction of sp³-hybridized carbons (Fsp3) is 0.125. The van der Waals surface area contributed by atoms with Crippen LogP contribution in [-0.2, 0) is 16.0 Å². The second-order valence-corrected chi connectivity index (χ2v) is 4.39. The van der Waals surface area contributed by atoms with Crippen molar-refractivity contribution in [1.82, 2.24) is 5.32 Å². The fourth-order valence-corrected chi connectivity index (χ4v) is 1.92. The third-order valence-electron chi connectivity index (χ3n) is 2.88. The van der Waals surface area contributed by atoms with Crippen molar-refractivity contribution in [3.63, 3.8) is 0 Å². The predicted octanol–water partition coefficient (Wildman–Crippen LogP) is -2.16. The average molecular weight is 291 g/mol. The molecular formula is C16H14NNaO3. The van der Waals surface area contributed by atoms with E-state index in [0.29, 0.717) is 5.56 Å². The van der Waals surface area contributed by atoms with E-state index in [2.05, 4.69) is 5.32 Å². The summed E-state index contributed by atoms with van der Waals surface area (Å²) in [5.41, 5.74) is 1.32. The van der Waals surface area contributed by atoms with Crippen molar-refractivity contribution in [3.05, 3.63) is 71.8 Å². The molecule has 0 aliphatic rings. The van der Waals surface area contributed by atoms with Crippen molar-refractivity contribution in [2.45, 2.75) is 12.5 Å². The number of hydrogen-bond acceptors (Lipinski definition) is 3. The molecule has 1 N–H and O–H groups in total. The van der Waals surface area contributed by atoms with Gasteiger partial charge in [-0.1, -0.05) is 60.7 Å². The van der Waals surface area contributed by atoms with Crippen LogP contribution in [0.15, 0.2) is 60.7 Å². The van der Waals surface area contributed by atoms with E-state index >= 15 is 0 Å². The molecule has 1 atom stereocenters. The van der Waals surface area contributed by atoms with Gasteiger partial charge in [0, 0.05) is 0 Å². The van der Waals surface area contributed by atoms with E-state index in [0.717, 1.165) is 5.56 Å². The number of carboxylic acid groups (broad SMARTS) is 1. The normalized spacial score (nSPS) is 11.0. The van der Waals surface area contributed by atoms with E-state index < -0.39 is 12.0 Å². The van der Waals surface area contributed by atoms with Crippen LogP contribution < -0.4 is 40.0 Å². The molecule has 102 valence electrons. The van der Waals surface area contributed by atoms with Gasteiger partial charge in [0.1, 0.15) is 0 Å². The number of carbonyl (C=O) groups excluding carboxylic acids is 2. The molecule has 0 fully saturated rings. The third kappa shape index (κ3) is 5.34. The number of amides is 1. The molecule has 0 bridgehead atoms. The van der Waals surface area contributed by atoms with Gasteiger partial charge in [-0.25, -0.2) is 0 Å². The van der Waals surface area contributed by atoms with Crippen molar-refractivity contribution in [1.29, 1.82) is 0 Å². The van der Waals surface area contributed by atoms with E-state index in [1.54, 1.807) is 30.3 Å². The van der Waals surface area contributed by atoms with Gasteiger partial charge in [-0.15, -0.1) is 0 Å². The summed E-state index contributed by atoms with van der Waals surface area (Å²) in [7, 11) is 0. The molecule has 2 rings (SSSR count). The van der Waals surface area contributed by atoms with Crippen molar-refractivity contribution >= 4 is 11.9 Å². The maximum atomic E-state index is 11.9. The molecule has 2 aromatic carbocycles. The van der Waals surface area contributed by atoms with Gasteiger partial charge in [0.15, 0.2) is 0 Å². The van der Waals surface area contributed by atoms with Gasteiger partial charge >= 0.3 is 29.6 Å². The number of hydrogen-bond donors (Lipinski definition) is 1. The molecule has 1 unspecified atom stereocenters. The molecule has 1 amide bonds. The first-order chi connectivity index (χ1) is 9.66. The Kier molecular flexibility index (Phi) is 7.15. The second kappa shape index (κ2) is 8.62. The Hall–Kier alpha value is -1.62.